The Labute approximate surface area is 97.8 Å². The van der Waals surface area contributed by atoms with Crippen LogP contribution in [0.3, 0.4) is 0 Å². The van der Waals surface area contributed by atoms with Crippen LogP contribution in [0.5, 0.6) is 0 Å². The molecule has 0 aromatic heterocycles. The molecule has 0 aromatic rings. The third-order valence-electron chi connectivity index (χ3n) is 3.26. The molecule has 0 radical (unpaired) electrons. The van der Waals surface area contributed by atoms with Crippen LogP contribution in [-0.4, -0.2) is 0 Å². The zero-order chi connectivity index (χ0) is 11.8. The van der Waals surface area contributed by atoms with Crippen molar-refractivity contribution in [3.8, 4) is 0 Å². The Morgan fingerprint density at radius 1 is 0.667 bits per heavy atom. The van der Waals surface area contributed by atoms with E-state index in [9.17, 15) is 0 Å². The molecule has 0 aromatic carbocycles. The molecule has 0 amide bonds. The van der Waals surface area contributed by atoms with Crippen LogP contribution in [0.4, 0.5) is 0 Å². The van der Waals surface area contributed by atoms with Crippen LogP contribution in [0.1, 0.15) is 73.6 Å². The second-order valence-corrected chi connectivity index (χ2v) is 6.21. The lowest BCUT2D eigenvalue weighted by atomic mass is 9.85. The van der Waals surface area contributed by atoms with Crippen LogP contribution in [-0.2, 0) is 0 Å². The molecule has 15 heavy (non-hydrogen) atoms. The molecule has 0 aliphatic rings. The maximum Gasteiger partial charge on any atom is -0.0438 e. The fourth-order valence-electron chi connectivity index (χ4n) is 2.98. The Morgan fingerprint density at radius 3 is 1.60 bits per heavy atom. The van der Waals surface area contributed by atoms with Crippen molar-refractivity contribution in [3.05, 3.63) is 0 Å². The Hall–Kier alpha value is 0. The van der Waals surface area contributed by atoms with E-state index in [2.05, 4.69) is 41.5 Å². The molecule has 0 aliphatic carbocycles. The molecule has 0 saturated carbocycles. The summed E-state index contributed by atoms with van der Waals surface area (Å²) in [7, 11) is 0. The van der Waals surface area contributed by atoms with Crippen molar-refractivity contribution in [1.82, 2.24) is 0 Å². The minimum absolute atomic E-state index is 0.861. The average Bonchev–Trinajstić information content (AvgIpc) is 2.00. The van der Waals surface area contributed by atoms with Crippen LogP contribution < -0.4 is 0 Å². The van der Waals surface area contributed by atoms with E-state index in [4.69, 9.17) is 0 Å². The van der Waals surface area contributed by atoms with Crippen molar-refractivity contribution < 1.29 is 0 Å². The van der Waals surface area contributed by atoms with Crippen molar-refractivity contribution >= 4 is 0 Å². The van der Waals surface area contributed by atoms with Crippen molar-refractivity contribution in [2.45, 2.75) is 73.6 Å². The normalized spacial score (nSPS) is 17.8. The van der Waals surface area contributed by atoms with Crippen LogP contribution >= 0.6 is 0 Å². The van der Waals surface area contributed by atoms with Crippen LogP contribution in [0, 0.1) is 23.7 Å². The Bertz CT molecular complexity index is 137. The fourth-order valence-corrected chi connectivity index (χ4v) is 2.98. The average molecular weight is 212 g/mol. The Balaban J connectivity index is 3.67. The molecule has 0 saturated heterocycles. The summed E-state index contributed by atoms with van der Waals surface area (Å²) in [5, 5.41) is 0. The van der Waals surface area contributed by atoms with E-state index in [1.165, 1.54) is 32.1 Å². The summed E-state index contributed by atoms with van der Waals surface area (Å²) in [5.41, 5.74) is 0. The largest absolute Gasteiger partial charge is 0.0654 e. The lowest BCUT2D eigenvalue weighted by Gasteiger charge is -2.21. The van der Waals surface area contributed by atoms with E-state index < -0.39 is 0 Å². The predicted molar refractivity (Wildman–Crippen MR) is 71.1 cm³/mol. The van der Waals surface area contributed by atoms with Gasteiger partial charge in [-0.25, -0.2) is 0 Å². The third-order valence-corrected chi connectivity index (χ3v) is 3.26. The first-order valence-corrected chi connectivity index (χ1v) is 6.95. The fraction of sp³-hybridized carbons (Fsp3) is 1.00. The maximum atomic E-state index is 2.43. The van der Waals surface area contributed by atoms with E-state index in [1.54, 1.807) is 0 Å². The maximum absolute atomic E-state index is 2.43. The van der Waals surface area contributed by atoms with Crippen LogP contribution in [0.25, 0.3) is 0 Å². The van der Waals surface area contributed by atoms with Crippen LogP contribution in [0.15, 0.2) is 0 Å². The summed E-state index contributed by atoms with van der Waals surface area (Å²) >= 11 is 0. The molecular weight excluding hydrogens is 180 g/mol. The third kappa shape index (κ3) is 8.96. The molecule has 0 rings (SSSR count). The second-order valence-electron chi connectivity index (χ2n) is 6.21. The van der Waals surface area contributed by atoms with Gasteiger partial charge in [0.05, 0.1) is 0 Å². The summed E-state index contributed by atoms with van der Waals surface area (Å²) in [6.07, 6.45) is 6.99. The first-order chi connectivity index (χ1) is 6.95. The molecule has 0 heteroatoms. The summed E-state index contributed by atoms with van der Waals surface area (Å²) in [4.78, 5) is 0. The zero-order valence-corrected chi connectivity index (χ0v) is 11.8. The monoisotopic (exact) mass is 212 g/mol. The van der Waals surface area contributed by atoms with Gasteiger partial charge in [-0.15, -0.1) is 0 Å². The summed E-state index contributed by atoms with van der Waals surface area (Å²) in [6.45, 7) is 14.2. The molecule has 0 unspecified atom stereocenters. The van der Waals surface area contributed by atoms with Gasteiger partial charge >= 0.3 is 0 Å². The first kappa shape index (κ1) is 15.0. The van der Waals surface area contributed by atoms with Crippen molar-refractivity contribution in [1.29, 1.82) is 0 Å². The Morgan fingerprint density at radius 2 is 1.13 bits per heavy atom. The molecule has 0 fully saturated rings. The molecule has 0 N–H and O–H groups in total. The minimum Gasteiger partial charge on any atom is -0.0654 e. The highest BCUT2D eigenvalue weighted by Gasteiger charge is 2.12. The summed E-state index contributed by atoms with van der Waals surface area (Å²) in [6, 6.07) is 0. The molecule has 3 atom stereocenters. The molecule has 0 bridgehead atoms. The smallest absolute Gasteiger partial charge is 0.0438 e. The van der Waals surface area contributed by atoms with Gasteiger partial charge in [-0.1, -0.05) is 54.4 Å². The first-order valence-electron chi connectivity index (χ1n) is 6.95. The molecule has 0 heterocycles. The molecule has 92 valence electrons. The lowest BCUT2D eigenvalue weighted by molar-refractivity contribution is 0.306. The van der Waals surface area contributed by atoms with Gasteiger partial charge in [0.25, 0.3) is 0 Å². The molecular formula is C15H32. The van der Waals surface area contributed by atoms with Crippen molar-refractivity contribution in [2.24, 2.45) is 23.7 Å². The van der Waals surface area contributed by atoms with Gasteiger partial charge in [0, 0.05) is 0 Å². The topological polar surface area (TPSA) is 0 Å². The van der Waals surface area contributed by atoms with Gasteiger partial charge in [0.2, 0.25) is 0 Å². The SMILES string of the molecule is CCC[C@@H](C)C[C@H](C)C[C@@H](C)CC(C)C. The van der Waals surface area contributed by atoms with Gasteiger partial charge in [0.15, 0.2) is 0 Å². The van der Waals surface area contributed by atoms with Gasteiger partial charge in [-0.3, -0.25) is 0 Å². The predicted octanol–water partition coefficient (Wildman–Crippen LogP) is 5.52. The van der Waals surface area contributed by atoms with Gasteiger partial charge in [0.1, 0.15) is 0 Å². The van der Waals surface area contributed by atoms with Gasteiger partial charge in [-0.05, 0) is 42.9 Å². The van der Waals surface area contributed by atoms with Crippen molar-refractivity contribution in [2.75, 3.05) is 0 Å². The number of rotatable bonds is 8. The quantitative estimate of drug-likeness (QED) is 0.497. The highest BCUT2D eigenvalue weighted by molar-refractivity contribution is 4.64. The highest BCUT2D eigenvalue weighted by atomic mass is 14.2. The highest BCUT2D eigenvalue weighted by Crippen LogP contribution is 2.25. The number of hydrogen-bond acceptors (Lipinski definition) is 0. The standard InChI is InChI=1S/C15H32/c1-7-8-13(4)10-15(6)11-14(5)9-12(2)3/h12-15H,7-11H2,1-6H3/t13-,14+,15+/m1/s1. The van der Waals surface area contributed by atoms with E-state index >= 15 is 0 Å². The van der Waals surface area contributed by atoms with Gasteiger partial charge < -0.3 is 0 Å². The van der Waals surface area contributed by atoms with E-state index in [1.807, 2.05) is 0 Å². The zero-order valence-electron chi connectivity index (χ0n) is 11.8. The minimum atomic E-state index is 0.861. The van der Waals surface area contributed by atoms with E-state index in [0.29, 0.717) is 0 Å². The lowest BCUT2D eigenvalue weighted by Crippen LogP contribution is -2.09. The van der Waals surface area contributed by atoms with Gasteiger partial charge in [-0.2, -0.15) is 0 Å². The summed E-state index contributed by atoms with van der Waals surface area (Å²) < 4.78 is 0. The second kappa shape index (κ2) is 8.19. The van der Waals surface area contributed by atoms with E-state index in [0.717, 1.165) is 23.7 Å². The van der Waals surface area contributed by atoms with Crippen LogP contribution in [0.2, 0.25) is 0 Å². The summed E-state index contributed by atoms with van der Waals surface area (Å²) in [5.74, 6) is 3.62. The number of hydrogen-bond donors (Lipinski definition) is 0. The molecule has 0 spiro atoms. The molecule has 0 nitrogen and oxygen atoms in total. The van der Waals surface area contributed by atoms with Crippen molar-refractivity contribution in [3.63, 3.8) is 0 Å². The van der Waals surface area contributed by atoms with E-state index in [-0.39, 0.29) is 0 Å². The Kier molecular flexibility index (Phi) is 8.19. The molecule has 0 aliphatic heterocycles.